The summed E-state index contributed by atoms with van der Waals surface area (Å²) in [6, 6.07) is 4.21. The summed E-state index contributed by atoms with van der Waals surface area (Å²) in [6.07, 6.45) is 0.678. The maximum Gasteiger partial charge on any atom is 0.206 e. The molecule has 0 aliphatic rings. The molecule has 0 aliphatic carbocycles. The Labute approximate surface area is 115 Å². The van der Waals surface area contributed by atoms with Crippen molar-refractivity contribution in [2.24, 2.45) is 0 Å². The fourth-order valence-corrected chi connectivity index (χ4v) is 3.19. The van der Waals surface area contributed by atoms with E-state index in [0.717, 1.165) is 10.1 Å². The van der Waals surface area contributed by atoms with E-state index in [2.05, 4.69) is 35.4 Å². The maximum atomic E-state index is 9.14. The van der Waals surface area contributed by atoms with E-state index in [1.807, 2.05) is 11.4 Å². The second kappa shape index (κ2) is 6.26. The number of hydrogen-bond donors (Lipinski definition) is 2. The van der Waals surface area contributed by atoms with Crippen LogP contribution in [0.2, 0.25) is 0 Å². The molecule has 18 heavy (non-hydrogen) atoms. The van der Waals surface area contributed by atoms with Gasteiger partial charge in [-0.2, -0.15) is 0 Å². The Morgan fingerprint density at radius 3 is 2.78 bits per heavy atom. The fraction of sp³-hybridized carbons (Fsp3) is 0.500. The van der Waals surface area contributed by atoms with Crippen LogP contribution in [0.25, 0.3) is 0 Å². The van der Waals surface area contributed by atoms with E-state index in [9.17, 15) is 0 Å². The molecule has 4 nitrogen and oxygen atoms in total. The molecule has 0 radical (unpaired) electrons. The summed E-state index contributed by atoms with van der Waals surface area (Å²) in [5.74, 6) is 0.399. The molecule has 0 amide bonds. The van der Waals surface area contributed by atoms with Gasteiger partial charge in [-0.3, -0.25) is 0 Å². The van der Waals surface area contributed by atoms with Crippen LogP contribution >= 0.6 is 22.7 Å². The molecular formula is C12H17N3OS2. The monoisotopic (exact) mass is 283 g/mol. The molecule has 2 heterocycles. The van der Waals surface area contributed by atoms with Crippen LogP contribution in [0.4, 0.5) is 5.13 Å². The lowest BCUT2D eigenvalue weighted by Crippen LogP contribution is -2.10. The first-order chi connectivity index (χ1) is 8.70. The van der Waals surface area contributed by atoms with Gasteiger partial charge >= 0.3 is 0 Å². The Hall–Kier alpha value is -0.980. The van der Waals surface area contributed by atoms with E-state index < -0.39 is 0 Å². The number of aromatic nitrogens is 2. The first kappa shape index (κ1) is 13.5. The van der Waals surface area contributed by atoms with Crippen molar-refractivity contribution < 1.29 is 5.11 Å². The number of nitrogens with one attached hydrogen (secondary N) is 1. The fourth-order valence-electron chi connectivity index (χ4n) is 1.58. The van der Waals surface area contributed by atoms with Crippen LogP contribution in [-0.2, 0) is 0 Å². The van der Waals surface area contributed by atoms with Gasteiger partial charge in [0.1, 0.15) is 5.01 Å². The van der Waals surface area contributed by atoms with Gasteiger partial charge in [-0.25, -0.2) is 0 Å². The van der Waals surface area contributed by atoms with Gasteiger partial charge < -0.3 is 10.4 Å². The first-order valence-electron chi connectivity index (χ1n) is 5.95. The van der Waals surface area contributed by atoms with Crippen molar-refractivity contribution in [3.8, 4) is 0 Å². The third-order valence-electron chi connectivity index (χ3n) is 2.54. The topological polar surface area (TPSA) is 58.0 Å². The Morgan fingerprint density at radius 2 is 2.22 bits per heavy atom. The third-order valence-corrected chi connectivity index (χ3v) is 4.68. The molecule has 0 bridgehead atoms. The van der Waals surface area contributed by atoms with Gasteiger partial charge in [0.05, 0.1) is 6.04 Å². The van der Waals surface area contributed by atoms with E-state index in [4.69, 9.17) is 5.11 Å². The van der Waals surface area contributed by atoms with Crippen molar-refractivity contribution in [3.05, 3.63) is 27.4 Å². The summed E-state index contributed by atoms with van der Waals surface area (Å²) in [5.41, 5.74) is 0. The van der Waals surface area contributed by atoms with Crippen LogP contribution < -0.4 is 5.32 Å². The number of thiophene rings is 1. The summed E-state index contributed by atoms with van der Waals surface area (Å²) in [7, 11) is 0. The second-order valence-electron chi connectivity index (χ2n) is 4.32. The predicted octanol–water partition coefficient (Wildman–Crippen LogP) is 3.26. The minimum atomic E-state index is 0.114. The van der Waals surface area contributed by atoms with Gasteiger partial charge in [-0.1, -0.05) is 31.3 Å². The highest BCUT2D eigenvalue weighted by molar-refractivity contribution is 7.15. The van der Waals surface area contributed by atoms with E-state index in [-0.39, 0.29) is 12.6 Å². The van der Waals surface area contributed by atoms with E-state index in [0.29, 0.717) is 12.3 Å². The second-order valence-corrected chi connectivity index (χ2v) is 6.31. The van der Waals surface area contributed by atoms with Crippen molar-refractivity contribution in [3.63, 3.8) is 0 Å². The van der Waals surface area contributed by atoms with Crippen molar-refractivity contribution in [2.45, 2.75) is 32.2 Å². The molecule has 6 heteroatoms. The zero-order valence-electron chi connectivity index (χ0n) is 10.5. The number of aliphatic hydroxyl groups is 1. The molecule has 2 aromatic heterocycles. The van der Waals surface area contributed by atoms with Crippen molar-refractivity contribution in [1.82, 2.24) is 10.2 Å². The molecule has 2 rings (SSSR count). The van der Waals surface area contributed by atoms with E-state index in [1.54, 1.807) is 22.7 Å². The third kappa shape index (κ3) is 3.28. The molecule has 0 spiro atoms. The molecule has 0 saturated carbocycles. The number of aliphatic hydroxyl groups excluding tert-OH is 1. The molecule has 0 saturated heterocycles. The van der Waals surface area contributed by atoms with Crippen LogP contribution in [0.15, 0.2) is 17.5 Å². The molecule has 0 fully saturated rings. The predicted molar refractivity (Wildman–Crippen MR) is 76.4 cm³/mol. The normalized spacial score (nSPS) is 12.9. The van der Waals surface area contributed by atoms with Gasteiger partial charge in [-0.05, 0) is 17.9 Å². The number of rotatable bonds is 6. The summed E-state index contributed by atoms with van der Waals surface area (Å²) in [6.45, 7) is 4.37. The lowest BCUT2D eigenvalue weighted by atomic mass is 10.2. The molecule has 0 aliphatic heterocycles. The van der Waals surface area contributed by atoms with Crippen LogP contribution in [0.1, 0.15) is 42.1 Å². The standard InChI is InChI=1S/C12H17N3OS2/c1-8(2)11-14-15-12(18-11)13-9(5-6-16)10-4-3-7-17-10/h3-4,7-9,16H,5-6H2,1-2H3,(H,13,15). The smallest absolute Gasteiger partial charge is 0.206 e. The minimum absolute atomic E-state index is 0.114. The highest BCUT2D eigenvalue weighted by atomic mass is 32.1. The Bertz CT molecular complexity index is 467. The summed E-state index contributed by atoms with van der Waals surface area (Å²) in [4.78, 5) is 1.21. The first-order valence-corrected chi connectivity index (χ1v) is 7.64. The highest BCUT2D eigenvalue weighted by Crippen LogP contribution is 2.29. The Kier molecular flexibility index (Phi) is 4.68. The lowest BCUT2D eigenvalue weighted by molar-refractivity contribution is 0.280. The van der Waals surface area contributed by atoms with Crippen LogP contribution in [0, 0.1) is 0 Å². The van der Waals surface area contributed by atoms with Crippen molar-refractivity contribution >= 4 is 27.8 Å². The van der Waals surface area contributed by atoms with Crippen LogP contribution in [0.3, 0.4) is 0 Å². The van der Waals surface area contributed by atoms with E-state index in [1.165, 1.54) is 4.88 Å². The van der Waals surface area contributed by atoms with Gasteiger partial charge in [0.15, 0.2) is 0 Å². The Balaban J connectivity index is 2.08. The van der Waals surface area contributed by atoms with Crippen LogP contribution in [0.5, 0.6) is 0 Å². The largest absolute Gasteiger partial charge is 0.396 e. The zero-order chi connectivity index (χ0) is 13.0. The summed E-state index contributed by atoms with van der Waals surface area (Å²) >= 11 is 3.27. The molecule has 1 unspecified atom stereocenters. The molecule has 0 aromatic carbocycles. The molecule has 2 aromatic rings. The summed E-state index contributed by atoms with van der Waals surface area (Å²) in [5, 5.41) is 24.7. The minimum Gasteiger partial charge on any atom is -0.396 e. The average molecular weight is 283 g/mol. The Morgan fingerprint density at radius 1 is 1.39 bits per heavy atom. The van der Waals surface area contributed by atoms with Gasteiger partial charge in [0.2, 0.25) is 5.13 Å². The maximum absolute atomic E-state index is 9.14. The van der Waals surface area contributed by atoms with Crippen LogP contribution in [-0.4, -0.2) is 21.9 Å². The van der Waals surface area contributed by atoms with Crippen molar-refractivity contribution in [1.29, 1.82) is 0 Å². The molecule has 98 valence electrons. The highest BCUT2D eigenvalue weighted by Gasteiger charge is 2.15. The number of nitrogens with zero attached hydrogens (tertiary/aromatic N) is 2. The lowest BCUT2D eigenvalue weighted by Gasteiger charge is -2.14. The van der Waals surface area contributed by atoms with Gasteiger partial charge in [0, 0.05) is 17.4 Å². The van der Waals surface area contributed by atoms with E-state index >= 15 is 0 Å². The summed E-state index contributed by atoms with van der Waals surface area (Å²) < 4.78 is 0. The van der Waals surface area contributed by atoms with Gasteiger partial charge in [0.25, 0.3) is 0 Å². The number of hydrogen-bond acceptors (Lipinski definition) is 6. The quantitative estimate of drug-likeness (QED) is 0.854. The number of anilines is 1. The van der Waals surface area contributed by atoms with Gasteiger partial charge in [-0.15, -0.1) is 21.5 Å². The SMILES string of the molecule is CC(C)c1nnc(NC(CCO)c2cccs2)s1. The molecular weight excluding hydrogens is 266 g/mol. The van der Waals surface area contributed by atoms with Crippen molar-refractivity contribution in [2.75, 3.05) is 11.9 Å². The molecule has 2 N–H and O–H groups in total. The average Bonchev–Trinajstić information content (AvgIpc) is 2.99. The zero-order valence-corrected chi connectivity index (χ0v) is 12.1. The molecule has 1 atom stereocenters.